The topological polar surface area (TPSA) is 73.9 Å². The molecule has 0 fully saturated rings. The van der Waals surface area contributed by atoms with Crippen LogP contribution in [-0.4, -0.2) is 33.0 Å². The second-order valence-corrected chi connectivity index (χ2v) is 7.23. The summed E-state index contributed by atoms with van der Waals surface area (Å²) < 4.78 is 15.8. The number of hydrogen-bond donors (Lipinski definition) is 1. The molecule has 3 aromatic rings. The summed E-state index contributed by atoms with van der Waals surface area (Å²) in [7, 11) is 4.50. The molecule has 0 saturated heterocycles. The van der Waals surface area contributed by atoms with Crippen LogP contribution < -0.4 is 19.5 Å². The summed E-state index contributed by atoms with van der Waals surface area (Å²) in [6.45, 7) is 0.308. The SMILES string of the molecule is COc1cc(C(=O)NCc2ccc(C(=O)c3ccccc3)s2)cc(OC)c1OC. The van der Waals surface area contributed by atoms with Gasteiger partial charge in [-0.05, 0) is 24.3 Å². The molecule has 0 aliphatic carbocycles. The van der Waals surface area contributed by atoms with Crippen molar-refractivity contribution in [2.45, 2.75) is 6.54 Å². The molecule has 0 saturated carbocycles. The Kier molecular flexibility index (Phi) is 6.51. The molecule has 0 radical (unpaired) electrons. The first kappa shape index (κ1) is 20.4. The molecule has 1 amide bonds. The summed E-state index contributed by atoms with van der Waals surface area (Å²) in [5.41, 5.74) is 1.03. The third kappa shape index (κ3) is 4.57. The van der Waals surface area contributed by atoms with Crippen LogP contribution in [0.2, 0.25) is 0 Å². The number of thiophene rings is 1. The summed E-state index contributed by atoms with van der Waals surface area (Å²) in [6.07, 6.45) is 0. The highest BCUT2D eigenvalue weighted by molar-refractivity contribution is 7.14. The first-order chi connectivity index (χ1) is 14.1. The van der Waals surface area contributed by atoms with Crippen LogP contribution in [0.25, 0.3) is 0 Å². The standard InChI is InChI=1S/C22H21NO5S/c1-26-17-11-15(12-18(27-2)21(17)28-3)22(25)23-13-16-9-10-19(29-16)20(24)14-7-5-4-6-8-14/h4-12H,13H2,1-3H3,(H,23,25). The number of ether oxygens (including phenoxy) is 3. The first-order valence-corrected chi connectivity index (χ1v) is 9.65. The van der Waals surface area contributed by atoms with E-state index >= 15 is 0 Å². The molecule has 0 bridgehead atoms. The second-order valence-electron chi connectivity index (χ2n) is 6.06. The van der Waals surface area contributed by atoms with E-state index in [9.17, 15) is 9.59 Å². The average Bonchev–Trinajstić information content (AvgIpc) is 3.25. The number of nitrogens with one attached hydrogen (secondary N) is 1. The first-order valence-electron chi connectivity index (χ1n) is 8.84. The number of hydrogen-bond acceptors (Lipinski definition) is 6. The van der Waals surface area contributed by atoms with E-state index in [1.54, 1.807) is 30.3 Å². The van der Waals surface area contributed by atoms with Crippen LogP contribution in [0.4, 0.5) is 0 Å². The minimum Gasteiger partial charge on any atom is -0.493 e. The van der Waals surface area contributed by atoms with Gasteiger partial charge in [0, 0.05) is 16.0 Å². The molecule has 7 heteroatoms. The minimum atomic E-state index is -0.284. The van der Waals surface area contributed by atoms with Gasteiger partial charge in [-0.3, -0.25) is 9.59 Å². The normalized spacial score (nSPS) is 10.3. The van der Waals surface area contributed by atoms with Gasteiger partial charge in [0.2, 0.25) is 11.5 Å². The van der Waals surface area contributed by atoms with Crippen LogP contribution in [-0.2, 0) is 6.54 Å². The Bertz CT molecular complexity index is 988. The smallest absolute Gasteiger partial charge is 0.251 e. The van der Waals surface area contributed by atoms with Crippen molar-refractivity contribution in [3.8, 4) is 17.2 Å². The van der Waals surface area contributed by atoms with Crippen molar-refractivity contribution in [3.63, 3.8) is 0 Å². The van der Waals surface area contributed by atoms with Crippen molar-refractivity contribution < 1.29 is 23.8 Å². The molecule has 29 heavy (non-hydrogen) atoms. The van der Waals surface area contributed by atoms with Gasteiger partial charge in [-0.2, -0.15) is 0 Å². The van der Waals surface area contributed by atoms with Crippen molar-refractivity contribution >= 4 is 23.0 Å². The van der Waals surface area contributed by atoms with E-state index in [4.69, 9.17) is 14.2 Å². The molecule has 1 N–H and O–H groups in total. The fourth-order valence-electron chi connectivity index (χ4n) is 2.81. The van der Waals surface area contributed by atoms with Gasteiger partial charge in [0.1, 0.15) is 0 Å². The summed E-state index contributed by atoms with van der Waals surface area (Å²) >= 11 is 1.36. The van der Waals surface area contributed by atoms with E-state index in [0.717, 1.165) is 4.88 Å². The van der Waals surface area contributed by atoms with Crippen LogP contribution in [0, 0.1) is 0 Å². The second kappa shape index (κ2) is 9.25. The fraction of sp³-hybridized carbons (Fsp3) is 0.182. The monoisotopic (exact) mass is 411 g/mol. The van der Waals surface area contributed by atoms with Crippen molar-refractivity contribution in [2.75, 3.05) is 21.3 Å². The lowest BCUT2D eigenvalue weighted by Gasteiger charge is -2.14. The zero-order valence-electron chi connectivity index (χ0n) is 16.4. The molecule has 0 unspecified atom stereocenters. The van der Waals surface area contributed by atoms with E-state index in [2.05, 4.69) is 5.32 Å². The number of amides is 1. The lowest BCUT2D eigenvalue weighted by atomic mass is 10.1. The zero-order valence-corrected chi connectivity index (χ0v) is 17.2. The lowest BCUT2D eigenvalue weighted by Crippen LogP contribution is -2.22. The van der Waals surface area contributed by atoms with Gasteiger partial charge in [0.05, 0.1) is 32.8 Å². The lowest BCUT2D eigenvalue weighted by molar-refractivity contribution is 0.0950. The minimum absolute atomic E-state index is 0.0298. The van der Waals surface area contributed by atoms with Gasteiger partial charge in [-0.15, -0.1) is 11.3 Å². The number of carbonyl (C=O) groups is 2. The van der Waals surface area contributed by atoms with Gasteiger partial charge in [0.15, 0.2) is 11.5 Å². The highest BCUT2D eigenvalue weighted by atomic mass is 32.1. The molecule has 0 atom stereocenters. The Balaban J connectivity index is 1.70. The molecule has 0 aliphatic rings. The highest BCUT2D eigenvalue weighted by Gasteiger charge is 2.17. The molecule has 1 heterocycles. The Morgan fingerprint density at radius 1 is 0.862 bits per heavy atom. The molecule has 150 valence electrons. The zero-order chi connectivity index (χ0) is 20.8. The molecular formula is C22H21NO5S. The molecule has 1 aromatic heterocycles. The van der Waals surface area contributed by atoms with Crippen LogP contribution in [0.3, 0.4) is 0 Å². The quantitative estimate of drug-likeness (QED) is 0.569. The molecule has 3 rings (SSSR count). The highest BCUT2D eigenvalue weighted by Crippen LogP contribution is 2.38. The number of ketones is 1. The summed E-state index contributed by atoms with van der Waals surface area (Å²) in [6, 6.07) is 15.9. The van der Waals surface area contributed by atoms with Gasteiger partial charge in [0.25, 0.3) is 5.91 Å². The maximum Gasteiger partial charge on any atom is 0.251 e. The van der Waals surface area contributed by atoms with E-state index in [0.29, 0.717) is 39.8 Å². The van der Waals surface area contributed by atoms with Gasteiger partial charge in [-0.1, -0.05) is 30.3 Å². The largest absolute Gasteiger partial charge is 0.493 e. The van der Waals surface area contributed by atoms with E-state index in [1.165, 1.54) is 32.7 Å². The maximum absolute atomic E-state index is 12.6. The van der Waals surface area contributed by atoms with Crippen LogP contribution in [0.1, 0.15) is 30.5 Å². The van der Waals surface area contributed by atoms with E-state index in [-0.39, 0.29) is 11.7 Å². The number of methoxy groups -OCH3 is 3. The molecule has 2 aromatic carbocycles. The fourth-order valence-corrected chi connectivity index (χ4v) is 3.72. The summed E-state index contributed by atoms with van der Waals surface area (Å²) in [5, 5.41) is 2.86. The van der Waals surface area contributed by atoms with Crippen molar-refractivity contribution in [1.82, 2.24) is 5.32 Å². The maximum atomic E-state index is 12.6. The van der Waals surface area contributed by atoms with Gasteiger partial charge in [-0.25, -0.2) is 0 Å². The van der Waals surface area contributed by atoms with Gasteiger partial charge >= 0.3 is 0 Å². The Morgan fingerprint density at radius 3 is 2.10 bits per heavy atom. The molecule has 0 aliphatic heterocycles. The Labute approximate surface area is 173 Å². The number of rotatable bonds is 8. The van der Waals surface area contributed by atoms with Crippen molar-refractivity contribution in [2.24, 2.45) is 0 Å². The van der Waals surface area contributed by atoms with Crippen LogP contribution in [0.15, 0.2) is 54.6 Å². The molecular weight excluding hydrogens is 390 g/mol. The summed E-state index contributed by atoms with van der Waals surface area (Å²) in [5.74, 6) is 0.924. The predicted molar refractivity (Wildman–Crippen MR) is 111 cm³/mol. The van der Waals surface area contributed by atoms with Crippen LogP contribution >= 0.6 is 11.3 Å². The Morgan fingerprint density at radius 2 is 1.52 bits per heavy atom. The molecule has 6 nitrogen and oxygen atoms in total. The Hall–Kier alpha value is -3.32. The van der Waals surface area contributed by atoms with E-state index in [1.807, 2.05) is 24.3 Å². The van der Waals surface area contributed by atoms with Crippen LogP contribution in [0.5, 0.6) is 17.2 Å². The van der Waals surface area contributed by atoms with Gasteiger partial charge < -0.3 is 19.5 Å². The van der Waals surface area contributed by atoms with Crippen molar-refractivity contribution in [1.29, 1.82) is 0 Å². The third-order valence-corrected chi connectivity index (χ3v) is 5.36. The predicted octanol–water partition coefficient (Wildman–Crippen LogP) is 3.93. The number of carbonyl (C=O) groups excluding carboxylic acids is 2. The average molecular weight is 411 g/mol. The van der Waals surface area contributed by atoms with E-state index < -0.39 is 0 Å². The van der Waals surface area contributed by atoms with Crippen molar-refractivity contribution in [3.05, 3.63) is 75.5 Å². The molecule has 0 spiro atoms. The number of benzene rings is 2. The third-order valence-electron chi connectivity index (χ3n) is 4.27. The summed E-state index contributed by atoms with van der Waals surface area (Å²) in [4.78, 5) is 26.6.